The van der Waals surface area contributed by atoms with Crippen LogP contribution in [0.15, 0.2) is 47.6 Å². The van der Waals surface area contributed by atoms with Crippen molar-refractivity contribution in [3.8, 4) is 5.69 Å². The second kappa shape index (κ2) is 8.78. The molecule has 1 heterocycles. The van der Waals surface area contributed by atoms with Crippen molar-refractivity contribution in [3.05, 3.63) is 64.7 Å². The second-order valence-electron chi connectivity index (χ2n) is 7.52. The fraction of sp³-hybridized carbons (Fsp3) is 0.364. The van der Waals surface area contributed by atoms with E-state index < -0.39 is 0 Å². The number of nitrogens with one attached hydrogen (secondary N) is 1. The van der Waals surface area contributed by atoms with Crippen LogP contribution >= 0.6 is 11.8 Å². The van der Waals surface area contributed by atoms with Gasteiger partial charge in [0.15, 0.2) is 0 Å². The van der Waals surface area contributed by atoms with Crippen molar-refractivity contribution in [2.75, 3.05) is 5.75 Å². The van der Waals surface area contributed by atoms with Crippen LogP contribution in [0.2, 0.25) is 0 Å². The first kappa shape index (κ1) is 19.6. The Labute approximate surface area is 175 Å². The van der Waals surface area contributed by atoms with Gasteiger partial charge in [-0.15, -0.1) is 5.10 Å². The van der Waals surface area contributed by atoms with E-state index in [1.54, 1.807) is 4.68 Å². The predicted octanol–water partition coefficient (Wildman–Crippen LogP) is 3.82. The van der Waals surface area contributed by atoms with Crippen molar-refractivity contribution in [3.63, 3.8) is 0 Å². The third-order valence-corrected chi connectivity index (χ3v) is 6.22. The number of tetrazole rings is 1. The van der Waals surface area contributed by atoms with E-state index >= 15 is 0 Å². The third-order valence-electron chi connectivity index (χ3n) is 5.30. The molecule has 0 saturated heterocycles. The van der Waals surface area contributed by atoms with Crippen LogP contribution in [0.5, 0.6) is 0 Å². The molecule has 0 saturated carbocycles. The average Bonchev–Trinajstić information content (AvgIpc) is 3.21. The van der Waals surface area contributed by atoms with Crippen LogP contribution in [0, 0.1) is 6.92 Å². The summed E-state index contributed by atoms with van der Waals surface area (Å²) in [5.74, 6) is 0.236. The summed E-state index contributed by atoms with van der Waals surface area (Å²) >= 11 is 1.34. The van der Waals surface area contributed by atoms with E-state index in [0.717, 1.165) is 17.7 Å². The van der Waals surface area contributed by atoms with Gasteiger partial charge in [0.1, 0.15) is 0 Å². The summed E-state index contributed by atoms with van der Waals surface area (Å²) in [6.07, 6.45) is 4.84. The Morgan fingerprint density at radius 2 is 1.90 bits per heavy atom. The molecular weight excluding hydrogens is 382 g/mol. The number of amides is 1. The lowest BCUT2D eigenvalue weighted by atomic mass is 9.89. The third kappa shape index (κ3) is 4.67. The molecule has 6 nitrogen and oxygen atoms in total. The lowest BCUT2D eigenvalue weighted by Gasteiger charge is -2.20. The fourth-order valence-corrected chi connectivity index (χ4v) is 4.34. The van der Waals surface area contributed by atoms with E-state index in [1.165, 1.54) is 47.7 Å². The molecule has 2 aromatic carbocycles. The minimum Gasteiger partial charge on any atom is -0.349 e. The minimum absolute atomic E-state index is 0.0246. The highest BCUT2D eigenvalue weighted by Crippen LogP contribution is 2.25. The maximum atomic E-state index is 12.5. The lowest BCUT2D eigenvalue weighted by molar-refractivity contribution is -0.119. The van der Waals surface area contributed by atoms with Crippen LogP contribution in [0.1, 0.15) is 48.1 Å². The molecule has 150 valence electrons. The van der Waals surface area contributed by atoms with E-state index in [2.05, 4.69) is 39.0 Å². The number of rotatable bonds is 6. The fourth-order valence-electron chi connectivity index (χ4n) is 3.64. The Bertz CT molecular complexity index is 999. The molecule has 29 heavy (non-hydrogen) atoms. The Kier molecular flexibility index (Phi) is 5.94. The molecule has 0 spiro atoms. The van der Waals surface area contributed by atoms with Crippen LogP contribution in [0.4, 0.5) is 0 Å². The SMILES string of the molecule is Cc1ccc(-n2nnnc2SCC(=O)N[C@H](C)c2ccc3c(c2)CCCC3)cc1. The number of fused-ring (bicyclic) bond motifs is 1. The van der Waals surface area contributed by atoms with E-state index in [9.17, 15) is 4.79 Å². The number of aryl methyl sites for hydroxylation is 3. The van der Waals surface area contributed by atoms with E-state index in [0.29, 0.717) is 5.16 Å². The standard InChI is InChI=1S/C22H25N5OS/c1-15-7-11-20(12-8-15)27-22(24-25-26-27)29-14-21(28)23-16(2)18-10-9-17-5-3-4-6-19(17)13-18/h7-13,16H,3-6,14H2,1-2H3,(H,23,28)/t16-/m1/s1. The van der Waals surface area contributed by atoms with Crippen LogP contribution in [0.25, 0.3) is 5.69 Å². The first-order chi connectivity index (χ1) is 14.1. The molecule has 0 aliphatic heterocycles. The van der Waals surface area contributed by atoms with Crippen LogP contribution < -0.4 is 5.32 Å². The summed E-state index contributed by atoms with van der Waals surface area (Å²) < 4.78 is 1.66. The van der Waals surface area contributed by atoms with Gasteiger partial charge in [-0.25, -0.2) is 0 Å². The molecule has 3 aromatic rings. The summed E-state index contributed by atoms with van der Waals surface area (Å²) in [7, 11) is 0. The maximum Gasteiger partial charge on any atom is 0.230 e. The summed E-state index contributed by atoms with van der Waals surface area (Å²) in [5, 5.41) is 15.6. The molecule has 1 N–H and O–H groups in total. The molecule has 0 fully saturated rings. The number of aromatic nitrogens is 4. The van der Waals surface area contributed by atoms with Crippen LogP contribution in [-0.4, -0.2) is 31.9 Å². The van der Waals surface area contributed by atoms with Crippen molar-refractivity contribution < 1.29 is 4.79 Å². The Morgan fingerprint density at radius 3 is 2.69 bits per heavy atom. The first-order valence-electron chi connectivity index (χ1n) is 9.99. The van der Waals surface area contributed by atoms with Crippen molar-refractivity contribution in [1.29, 1.82) is 0 Å². The zero-order valence-electron chi connectivity index (χ0n) is 16.8. The highest BCUT2D eigenvalue weighted by Gasteiger charge is 2.16. The molecule has 0 bridgehead atoms. The molecular formula is C22H25N5OS. The van der Waals surface area contributed by atoms with Gasteiger partial charge in [-0.1, -0.05) is 47.7 Å². The Morgan fingerprint density at radius 1 is 1.14 bits per heavy atom. The van der Waals surface area contributed by atoms with Crippen molar-refractivity contribution in [2.45, 2.75) is 50.7 Å². The molecule has 1 amide bonds. The normalized spacial score (nSPS) is 14.3. The number of nitrogens with zero attached hydrogens (tertiary/aromatic N) is 4. The van der Waals surface area contributed by atoms with Crippen molar-refractivity contribution >= 4 is 17.7 Å². The number of carbonyl (C=O) groups excluding carboxylic acids is 1. The molecule has 1 atom stereocenters. The molecule has 7 heteroatoms. The first-order valence-corrected chi connectivity index (χ1v) is 11.0. The minimum atomic E-state index is -0.0290. The Hall–Kier alpha value is -2.67. The van der Waals surface area contributed by atoms with E-state index in [1.807, 2.05) is 38.1 Å². The smallest absolute Gasteiger partial charge is 0.230 e. The zero-order chi connectivity index (χ0) is 20.2. The Balaban J connectivity index is 1.36. The molecule has 0 unspecified atom stereocenters. The van der Waals surface area contributed by atoms with Gasteiger partial charge in [-0.3, -0.25) is 4.79 Å². The zero-order valence-corrected chi connectivity index (χ0v) is 17.6. The number of benzene rings is 2. The van der Waals surface area contributed by atoms with Gasteiger partial charge < -0.3 is 5.32 Å². The van der Waals surface area contributed by atoms with E-state index in [-0.39, 0.29) is 17.7 Å². The van der Waals surface area contributed by atoms with Gasteiger partial charge >= 0.3 is 0 Å². The monoisotopic (exact) mass is 407 g/mol. The molecule has 1 aliphatic carbocycles. The topological polar surface area (TPSA) is 72.7 Å². The van der Waals surface area contributed by atoms with E-state index in [4.69, 9.17) is 0 Å². The van der Waals surface area contributed by atoms with Crippen LogP contribution in [-0.2, 0) is 17.6 Å². The number of hydrogen-bond donors (Lipinski definition) is 1. The number of carbonyl (C=O) groups is 1. The van der Waals surface area contributed by atoms with Crippen molar-refractivity contribution in [1.82, 2.24) is 25.5 Å². The van der Waals surface area contributed by atoms with Gasteiger partial charge in [-0.05, 0) is 78.8 Å². The summed E-state index contributed by atoms with van der Waals surface area (Å²) in [6, 6.07) is 14.5. The van der Waals surface area contributed by atoms with Gasteiger partial charge in [0.05, 0.1) is 17.5 Å². The van der Waals surface area contributed by atoms with Gasteiger partial charge in [0, 0.05) is 0 Å². The quantitative estimate of drug-likeness (QED) is 0.629. The average molecular weight is 408 g/mol. The van der Waals surface area contributed by atoms with Crippen molar-refractivity contribution in [2.24, 2.45) is 0 Å². The van der Waals surface area contributed by atoms with Crippen LogP contribution in [0.3, 0.4) is 0 Å². The molecule has 0 radical (unpaired) electrons. The second-order valence-corrected chi connectivity index (χ2v) is 8.46. The predicted molar refractivity (Wildman–Crippen MR) is 114 cm³/mol. The summed E-state index contributed by atoms with van der Waals surface area (Å²) in [6.45, 7) is 4.07. The highest BCUT2D eigenvalue weighted by molar-refractivity contribution is 7.99. The lowest BCUT2D eigenvalue weighted by Crippen LogP contribution is -2.28. The maximum absolute atomic E-state index is 12.5. The summed E-state index contributed by atoms with van der Waals surface area (Å²) in [4.78, 5) is 12.5. The molecule has 1 aromatic heterocycles. The largest absolute Gasteiger partial charge is 0.349 e. The van der Waals surface area contributed by atoms with Gasteiger partial charge in [-0.2, -0.15) is 4.68 Å². The van der Waals surface area contributed by atoms with Gasteiger partial charge in [0.2, 0.25) is 11.1 Å². The number of hydrogen-bond acceptors (Lipinski definition) is 5. The molecule has 4 rings (SSSR count). The number of thioether (sulfide) groups is 1. The highest BCUT2D eigenvalue weighted by atomic mass is 32.2. The van der Waals surface area contributed by atoms with Gasteiger partial charge in [0.25, 0.3) is 0 Å². The molecule has 1 aliphatic rings. The summed E-state index contributed by atoms with van der Waals surface area (Å²) in [5.41, 5.74) is 6.10.